The zero-order valence-corrected chi connectivity index (χ0v) is 20.2. The molecular formula is C22H30Cl2N6O2. The number of carbonyl (C=O) groups is 2. The van der Waals surface area contributed by atoms with Crippen LogP contribution < -0.4 is 20.9 Å². The Balaban J connectivity index is 0.00000256. The van der Waals surface area contributed by atoms with Crippen molar-refractivity contribution in [3.63, 3.8) is 0 Å². The lowest BCUT2D eigenvalue weighted by molar-refractivity contribution is -0.119. The summed E-state index contributed by atoms with van der Waals surface area (Å²) in [4.78, 5) is 33.7. The van der Waals surface area contributed by atoms with Gasteiger partial charge in [0.25, 0.3) is 5.91 Å². The van der Waals surface area contributed by atoms with Crippen LogP contribution in [0.3, 0.4) is 0 Å². The van der Waals surface area contributed by atoms with Gasteiger partial charge in [-0.3, -0.25) is 4.79 Å². The van der Waals surface area contributed by atoms with Crippen LogP contribution in [0.5, 0.6) is 0 Å². The van der Waals surface area contributed by atoms with E-state index in [9.17, 15) is 9.59 Å². The van der Waals surface area contributed by atoms with Gasteiger partial charge in [0.05, 0.1) is 5.69 Å². The normalized spacial score (nSPS) is 14.9. The van der Waals surface area contributed by atoms with E-state index in [1.165, 1.54) is 4.90 Å². The van der Waals surface area contributed by atoms with Crippen LogP contribution in [-0.4, -0.2) is 63.1 Å². The van der Waals surface area contributed by atoms with Crippen LogP contribution in [0.2, 0.25) is 0 Å². The lowest BCUT2D eigenvalue weighted by atomic mass is 10.1. The van der Waals surface area contributed by atoms with E-state index >= 15 is 0 Å². The monoisotopic (exact) mass is 480 g/mol. The number of halogens is 2. The minimum absolute atomic E-state index is 0. The van der Waals surface area contributed by atoms with Crippen molar-refractivity contribution < 1.29 is 9.59 Å². The van der Waals surface area contributed by atoms with Gasteiger partial charge in [0.15, 0.2) is 0 Å². The third-order valence-electron chi connectivity index (χ3n) is 4.74. The molecule has 8 nitrogen and oxygen atoms in total. The number of amidine groups is 1. The highest BCUT2D eigenvalue weighted by Gasteiger charge is 2.30. The molecule has 3 amide bonds. The van der Waals surface area contributed by atoms with Gasteiger partial charge in [-0.15, -0.1) is 24.8 Å². The fourth-order valence-electron chi connectivity index (χ4n) is 3.17. The van der Waals surface area contributed by atoms with Gasteiger partial charge >= 0.3 is 6.03 Å². The second-order valence-electron chi connectivity index (χ2n) is 7.49. The molecule has 2 aromatic rings. The van der Waals surface area contributed by atoms with E-state index in [0.29, 0.717) is 18.1 Å². The predicted molar refractivity (Wildman–Crippen MR) is 135 cm³/mol. The first-order valence-corrected chi connectivity index (χ1v) is 9.82. The van der Waals surface area contributed by atoms with Crippen molar-refractivity contribution in [2.24, 2.45) is 4.99 Å². The maximum Gasteiger partial charge on any atom is 0.321 e. The molecule has 0 saturated carbocycles. The molecule has 0 unspecified atom stereocenters. The maximum atomic E-state index is 13.0. The maximum absolute atomic E-state index is 13.0. The number of urea groups is 1. The Labute approximate surface area is 201 Å². The van der Waals surface area contributed by atoms with E-state index in [-0.39, 0.29) is 30.7 Å². The molecule has 3 N–H and O–H groups in total. The molecule has 0 spiro atoms. The van der Waals surface area contributed by atoms with Crippen molar-refractivity contribution in [2.75, 3.05) is 44.4 Å². The summed E-state index contributed by atoms with van der Waals surface area (Å²) in [7, 11) is 5.66. The van der Waals surface area contributed by atoms with Gasteiger partial charge in [0.1, 0.15) is 5.84 Å². The van der Waals surface area contributed by atoms with E-state index in [4.69, 9.17) is 0 Å². The van der Waals surface area contributed by atoms with Crippen molar-refractivity contribution in [3.05, 3.63) is 59.7 Å². The molecule has 1 aliphatic heterocycles. The van der Waals surface area contributed by atoms with Crippen LogP contribution in [0.4, 0.5) is 16.2 Å². The molecule has 0 radical (unpaired) electrons. The van der Waals surface area contributed by atoms with Crippen LogP contribution in [0.25, 0.3) is 0 Å². The molecule has 3 rings (SSSR count). The number of aliphatic imine (C=N–C) groups is 1. The average Bonchev–Trinajstić information content (AvgIpc) is 2.79. The number of para-hydroxylation sites is 1. The molecule has 10 heteroatoms. The van der Waals surface area contributed by atoms with E-state index in [0.717, 1.165) is 23.4 Å². The number of rotatable bonds is 5. The average molecular weight is 481 g/mol. The first kappa shape index (κ1) is 27.2. The summed E-state index contributed by atoms with van der Waals surface area (Å²) < 4.78 is 0. The number of hydrogen-bond donors (Lipinski definition) is 3. The number of fused-ring (bicyclic) bond motifs is 1. The highest BCUT2D eigenvalue weighted by atomic mass is 35.5. The molecule has 0 aromatic heterocycles. The molecule has 1 heterocycles. The van der Waals surface area contributed by atoms with Gasteiger partial charge in [-0.25, -0.2) is 9.79 Å². The molecule has 0 aliphatic carbocycles. The molecule has 1 aliphatic rings. The molecule has 0 fully saturated rings. The van der Waals surface area contributed by atoms with E-state index in [1.54, 1.807) is 13.1 Å². The fraction of sp³-hybridized carbons (Fsp3) is 0.318. The standard InChI is InChI=1S/C22H28N6O2.2ClH/c1-15-8-7-9-16(14-15)24-22(30)26-20-21(29)28(4)18-11-6-5-10-17(18)19(25-20)23-12-13-27(2)3;;/h5-11,14,20H,12-13H2,1-4H3,(H,23,25)(H2,24,26,30);2*1H/t20-;;/m0../s1. The summed E-state index contributed by atoms with van der Waals surface area (Å²) in [6, 6.07) is 14.5. The first-order chi connectivity index (χ1) is 14.3. The summed E-state index contributed by atoms with van der Waals surface area (Å²) in [5.41, 5.74) is 3.23. The van der Waals surface area contributed by atoms with Crippen LogP contribution in [-0.2, 0) is 4.79 Å². The van der Waals surface area contributed by atoms with E-state index in [1.807, 2.05) is 63.5 Å². The van der Waals surface area contributed by atoms with Crippen molar-refractivity contribution in [1.29, 1.82) is 0 Å². The molecule has 1 atom stereocenters. The summed E-state index contributed by atoms with van der Waals surface area (Å²) in [5, 5.41) is 8.76. The Morgan fingerprint density at radius 3 is 2.53 bits per heavy atom. The van der Waals surface area contributed by atoms with Crippen LogP contribution >= 0.6 is 24.8 Å². The molecule has 0 saturated heterocycles. The Bertz CT molecular complexity index is 967. The number of hydrogen-bond acceptors (Lipinski definition) is 5. The number of aryl methyl sites for hydroxylation is 1. The van der Waals surface area contributed by atoms with Gasteiger partial charge in [0.2, 0.25) is 6.17 Å². The summed E-state index contributed by atoms with van der Waals surface area (Å²) in [6.07, 6.45) is -1.05. The number of nitrogens with one attached hydrogen (secondary N) is 3. The minimum Gasteiger partial charge on any atom is -0.368 e. The number of likely N-dealkylation sites (N-methyl/N-ethyl adjacent to an activating group) is 2. The van der Waals surface area contributed by atoms with Crippen molar-refractivity contribution >= 4 is 54.0 Å². The van der Waals surface area contributed by atoms with Crippen LogP contribution in [0, 0.1) is 6.92 Å². The highest BCUT2D eigenvalue weighted by Crippen LogP contribution is 2.23. The fourth-order valence-corrected chi connectivity index (χ4v) is 3.17. The summed E-state index contributed by atoms with van der Waals surface area (Å²) in [6.45, 7) is 3.40. The Morgan fingerprint density at radius 1 is 1.12 bits per heavy atom. The third kappa shape index (κ3) is 6.85. The molecular weight excluding hydrogens is 451 g/mol. The third-order valence-corrected chi connectivity index (χ3v) is 4.74. The Morgan fingerprint density at radius 2 is 1.84 bits per heavy atom. The van der Waals surface area contributed by atoms with Crippen molar-refractivity contribution in [2.45, 2.75) is 13.1 Å². The van der Waals surface area contributed by atoms with Gasteiger partial charge < -0.3 is 25.8 Å². The second-order valence-corrected chi connectivity index (χ2v) is 7.49. The molecule has 0 bridgehead atoms. The molecule has 32 heavy (non-hydrogen) atoms. The van der Waals surface area contributed by atoms with Gasteiger partial charge in [-0.1, -0.05) is 24.3 Å². The lowest BCUT2D eigenvalue weighted by Gasteiger charge is -2.20. The summed E-state index contributed by atoms with van der Waals surface area (Å²) >= 11 is 0. The van der Waals surface area contributed by atoms with E-state index in [2.05, 4.69) is 25.8 Å². The lowest BCUT2D eigenvalue weighted by Crippen LogP contribution is -2.47. The number of anilines is 2. The molecule has 2 aromatic carbocycles. The number of benzodiazepines with no additional fused rings is 1. The first-order valence-electron chi connectivity index (χ1n) is 9.82. The minimum atomic E-state index is -1.05. The SMILES string of the molecule is Cc1cccc(NC(=O)N[C@@H]2N=C(NCCN(C)C)c3ccccc3N(C)C2=O)c1.Cl.Cl. The second kappa shape index (κ2) is 12.3. The van der Waals surface area contributed by atoms with Gasteiger partial charge in [-0.05, 0) is 50.8 Å². The van der Waals surface area contributed by atoms with Crippen molar-refractivity contribution in [1.82, 2.24) is 15.5 Å². The van der Waals surface area contributed by atoms with E-state index < -0.39 is 12.2 Å². The number of amides is 3. The largest absolute Gasteiger partial charge is 0.368 e. The smallest absolute Gasteiger partial charge is 0.321 e. The predicted octanol–water partition coefficient (Wildman–Crippen LogP) is 2.86. The molecule has 174 valence electrons. The summed E-state index contributed by atoms with van der Waals surface area (Å²) in [5.74, 6) is 0.261. The highest BCUT2D eigenvalue weighted by molar-refractivity contribution is 6.12. The van der Waals surface area contributed by atoms with Crippen molar-refractivity contribution in [3.8, 4) is 0 Å². The van der Waals surface area contributed by atoms with Crippen LogP contribution in [0.15, 0.2) is 53.5 Å². The van der Waals surface area contributed by atoms with Gasteiger partial charge in [0, 0.05) is 31.4 Å². The quantitative estimate of drug-likeness (QED) is 0.613. The van der Waals surface area contributed by atoms with Crippen LogP contribution in [0.1, 0.15) is 11.1 Å². The zero-order valence-electron chi connectivity index (χ0n) is 18.6. The topological polar surface area (TPSA) is 89.1 Å². The number of benzene rings is 2. The Kier molecular flexibility index (Phi) is 10.5. The zero-order chi connectivity index (χ0) is 21.7. The van der Waals surface area contributed by atoms with Gasteiger partial charge in [-0.2, -0.15) is 0 Å². The number of carbonyl (C=O) groups excluding carboxylic acids is 2. The Hall–Kier alpha value is -2.81. The number of nitrogens with zero attached hydrogens (tertiary/aromatic N) is 3.